The van der Waals surface area contributed by atoms with Crippen LogP contribution in [0.1, 0.15) is 16.7 Å². The molecule has 0 atom stereocenters. The normalized spacial score (nSPS) is 10.9. The fourth-order valence-electron chi connectivity index (χ4n) is 2.02. The van der Waals surface area contributed by atoms with E-state index in [1.165, 1.54) is 6.21 Å². The summed E-state index contributed by atoms with van der Waals surface area (Å²) in [5, 5.41) is 13.8. The number of phenols is 1. The van der Waals surface area contributed by atoms with Crippen LogP contribution >= 0.6 is 47.8 Å². The zero-order valence-electron chi connectivity index (χ0n) is 13.4. The number of halogens is 3. The van der Waals surface area contributed by atoms with E-state index in [0.29, 0.717) is 24.7 Å². The van der Waals surface area contributed by atoms with Gasteiger partial charge in [-0.2, -0.15) is 5.10 Å². The summed E-state index contributed by atoms with van der Waals surface area (Å²) in [5.41, 5.74) is 5.08. The molecule has 2 rings (SSSR count). The molecule has 5 nitrogen and oxygen atoms in total. The van der Waals surface area contributed by atoms with E-state index in [-0.39, 0.29) is 18.3 Å². The van der Waals surface area contributed by atoms with E-state index in [0.717, 1.165) is 11.1 Å². The van der Waals surface area contributed by atoms with Gasteiger partial charge in [0.05, 0.1) is 15.2 Å². The van der Waals surface area contributed by atoms with Crippen molar-refractivity contribution in [3.8, 4) is 11.5 Å². The van der Waals surface area contributed by atoms with Crippen molar-refractivity contribution in [3.05, 3.63) is 54.4 Å². The summed E-state index contributed by atoms with van der Waals surface area (Å²) < 4.78 is 7.18. The topological polar surface area (TPSA) is 70.9 Å². The zero-order chi connectivity index (χ0) is 18.6. The lowest BCUT2D eigenvalue weighted by molar-refractivity contribution is -0.123. The lowest BCUT2D eigenvalue weighted by Gasteiger charge is -2.09. The monoisotopic (exact) mass is 532 g/mol. The van der Waals surface area contributed by atoms with E-state index >= 15 is 0 Å². The summed E-state index contributed by atoms with van der Waals surface area (Å²) in [4.78, 5) is 11.8. The number of benzene rings is 2. The smallest absolute Gasteiger partial charge is 0.277 e. The molecule has 132 valence electrons. The van der Waals surface area contributed by atoms with Crippen molar-refractivity contribution < 1.29 is 14.6 Å². The van der Waals surface area contributed by atoms with Gasteiger partial charge < -0.3 is 9.84 Å². The van der Waals surface area contributed by atoms with Gasteiger partial charge in [0.2, 0.25) is 0 Å². The third-order valence-electron chi connectivity index (χ3n) is 3.25. The second-order valence-electron chi connectivity index (χ2n) is 5.27. The predicted molar refractivity (Wildman–Crippen MR) is 108 cm³/mol. The molecule has 0 heterocycles. The number of carbonyl (C=O) groups is 1. The third-order valence-corrected chi connectivity index (χ3v) is 5.32. The Morgan fingerprint density at radius 1 is 1.24 bits per heavy atom. The number of hydrogen-bond acceptors (Lipinski definition) is 4. The molecule has 0 spiro atoms. The van der Waals surface area contributed by atoms with E-state index in [1.807, 2.05) is 32.0 Å². The predicted octanol–water partition coefficient (Wildman–Crippen LogP) is 4.83. The van der Waals surface area contributed by atoms with Crippen molar-refractivity contribution in [3.63, 3.8) is 0 Å². The van der Waals surface area contributed by atoms with Crippen LogP contribution in [0.25, 0.3) is 0 Å². The number of phenolic OH excluding ortho intramolecular Hbond substituents is 1. The zero-order valence-corrected chi connectivity index (χ0v) is 18.2. The van der Waals surface area contributed by atoms with E-state index in [1.54, 1.807) is 6.07 Å². The molecule has 2 N–H and O–H groups in total. The average molecular weight is 535 g/mol. The molecule has 0 radical (unpaired) electrons. The molecule has 0 bridgehead atoms. The van der Waals surface area contributed by atoms with Gasteiger partial charge in [-0.1, -0.05) is 33.6 Å². The standard InChI is InChI=1S/C17H15Br3N2O3/c1-9-3-4-14(10(2)5-9)25-8-15(23)22-21-7-11-12(18)6-13(19)17(24)16(11)20/h3-7,24H,8H2,1-2H3,(H,22,23)/b21-7+. The molecule has 1 amide bonds. The van der Waals surface area contributed by atoms with Crippen molar-refractivity contribution in [1.29, 1.82) is 0 Å². The van der Waals surface area contributed by atoms with Crippen LogP contribution in [0.4, 0.5) is 0 Å². The van der Waals surface area contributed by atoms with Gasteiger partial charge >= 0.3 is 0 Å². The highest BCUT2D eigenvalue weighted by Gasteiger charge is 2.12. The molecule has 0 saturated carbocycles. The average Bonchev–Trinajstić information content (AvgIpc) is 2.55. The van der Waals surface area contributed by atoms with Crippen molar-refractivity contribution in [1.82, 2.24) is 5.43 Å². The van der Waals surface area contributed by atoms with Crippen molar-refractivity contribution in [2.75, 3.05) is 6.61 Å². The van der Waals surface area contributed by atoms with Gasteiger partial charge in [-0.05, 0) is 63.4 Å². The van der Waals surface area contributed by atoms with Crippen LogP contribution in [0, 0.1) is 13.8 Å². The molecule has 8 heteroatoms. The van der Waals surface area contributed by atoms with Crippen molar-refractivity contribution in [2.45, 2.75) is 13.8 Å². The van der Waals surface area contributed by atoms with Crippen LogP contribution < -0.4 is 10.2 Å². The van der Waals surface area contributed by atoms with Crippen molar-refractivity contribution >= 4 is 59.9 Å². The van der Waals surface area contributed by atoms with Crippen LogP contribution in [0.3, 0.4) is 0 Å². The number of amides is 1. The maximum absolute atomic E-state index is 11.8. The van der Waals surface area contributed by atoms with Gasteiger partial charge in [-0.25, -0.2) is 5.43 Å². The summed E-state index contributed by atoms with van der Waals surface area (Å²) in [5.74, 6) is 0.326. The van der Waals surface area contributed by atoms with E-state index in [4.69, 9.17) is 4.74 Å². The van der Waals surface area contributed by atoms with Gasteiger partial charge in [-0.15, -0.1) is 0 Å². The largest absolute Gasteiger partial charge is 0.506 e. The minimum absolute atomic E-state index is 0.0501. The first-order chi connectivity index (χ1) is 11.8. The second kappa shape index (κ2) is 8.82. The highest BCUT2D eigenvalue weighted by molar-refractivity contribution is 9.11. The Labute approximate surface area is 170 Å². The van der Waals surface area contributed by atoms with Crippen LogP contribution in [0.5, 0.6) is 11.5 Å². The molecule has 2 aromatic rings. The second-order valence-corrected chi connectivity index (χ2v) is 7.77. The first-order valence-corrected chi connectivity index (χ1v) is 9.56. The van der Waals surface area contributed by atoms with Crippen LogP contribution in [-0.2, 0) is 4.79 Å². The highest BCUT2D eigenvalue weighted by atomic mass is 79.9. The maximum atomic E-state index is 11.8. The first kappa shape index (κ1) is 19.9. The molecule has 25 heavy (non-hydrogen) atoms. The lowest BCUT2D eigenvalue weighted by Crippen LogP contribution is -2.24. The van der Waals surface area contributed by atoms with Crippen LogP contribution in [-0.4, -0.2) is 23.8 Å². The Balaban J connectivity index is 1.96. The fraction of sp³-hybridized carbons (Fsp3) is 0.176. The van der Waals surface area contributed by atoms with Crippen LogP contribution in [0.2, 0.25) is 0 Å². The minimum atomic E-state index is -0.384. The summed E-state index contributed by atoms with van der Waals surface area (Å²) in [6.45, 7) is 3.77. The van der Waals surface area contributed by atoms with Gasteiger partial charge in [0.1, 0.15) is 11.5 Å². The Bertz CT molecular complexity index is 838. The molecule has 0 aliphatic carbocycles. The number of aryl methyl sites for hydroxylation is 2. The number of hydrogen-bond donors (Lipinski definition) is 2. The minimum Gasteiger partial charge on any atom is -0.506 e. The molecule has 0 unspecified atom stereocenters. The molecule has 0 saturated heterocycles. The Morgan fingerprint density at radius 3 is 2.64 bits per heavy atom. The lowest BCUT2D eigenvalue weighted by atomic mass is 10.1. The number of carbonyl (C=O) groups excluding carboxylic acids is 1. The SMILES string of the molecule is Cc1ccc(OCC(=O)N/N=C/c2c(Br)cc(Br)c(O)c2Br)c(C)c1. The van der Waals surface area contributed by atoms with Crippen molar-refractivity contribution in [2.24, 2.45) is 5.10 Å². The maximum Gasteiger partial charge on any atom is 0.277 e. The summed E-state index contributed by atoms with van der Waals surface area (Å²) >= 11 is 9.89. The molecular weight excluding hydrogens is 520 g/mol. The molecule has 0 aromatic heterocycles. The Morgan fingerprint density at radius 2 is 1.96 bits per heavy atom. The molecule has 0 aliphatic heterocycles. The van der Waals surface area contributed by atoms with E-state index in [9.17, 15) is 9.90 Å². The summed E-state index contributed by atoms with van der Waals surface area (Å²) in [6.07, 6.45) is 1.43. The number of nitrogens with zero attached hydrogens (tertiary/aromatic N) is 1. The summed E-state index contributed by atoms with van der Waals surface area (Å²) in [7, 11) is 0. The number of aromatic hydroxyl groups is 1. The van der Waals surface area contributed by atoms with E-state index < -0.39 is 0 Å². The van der Waals surface area contributed by atoms with Gasteiger partial charge in [0.15, 0.2) is 6.61 Å². The number of ether oxygens (including phenoxy) is 1. The van der Waals surface area contributed by atoms with Gasteiger partial charge in [-0.3, -0.25) is 4.79 Å². The highest BCUT2D eigenvalue weighted by Crippen LogP contribution is 2.38. The third kappa shape index (κ3) is 5.29. The number of hydrazone groups is 1. The quantitative estimate of drug-likeness (QED) is 0.426. The number of rotatable bonds is 5. The Kier molecular flexibility index (Phi) is 7.04. The molecule has 0 fully saturated rings. The van der Waals surface area contributed by atoms with Gasteiger partial charge in [0.25, 0.3) is 5.91 Å². The van der Waals surface area contributed by atoms with Gasteiger partial charge in [0, 0.05) is 10.0 Å². The molecule has 0 aliphatic rings. The van der Waals surface area contributed by atoms with E-state index in [2.05, 4.69) is 58.3 Å². The molecule has 2 aromatic carbocycles. The first-order valence-electron chi connectivity index (χ1n) is 7.18. The fourth-order valence-corrected chi connectivity index (χ4v) is 4.34. The molecular formula is C17H15Br3N2O3. The number of nitrogens with one attached hydrogen (secondary N) is 1. The summed E-state index contributed by atoms with van der Waals surface area (Å²) in [6, 6.07) is 7.43. The van der Waals surface area contributed by atoms with Crippen LogP contribution in [0.15, 0.2) is 42.8 Å². The Hall–Kier alpha value is -1.38.